The van der Waals surface area contributed by atoms with Gasteiger partial charge >= 0.3 is 0 Å². The van der Waals surface area contributed by atoms with Crippen molar-refractivity contribution in [1.82, 2.24) is 20.1 Å². The number of piperidine rings is 1. The summed E-state index contributed by atoms with van der Waals surface area (Å²) >= 11 is 0. The van der Waals surface area contributed by atoms with Crippen LogP contribution in [0.3, 0.4) is 0 Å². The number of likely N-dealkylation sites (tertiary alicyclic amines) is 2. The van der Waals surface area contributed by atoms with E-state index >= 15 is 0 Å². The van der Waals surface area contributed by atoms with Gasteiger partial charge in [-0.25, -0.2) is 13.2 Å². The first-order valence-electron chi connectivity index (χ1n) is 16.7. The number of rotatable bonds is 7. The Labute approximate surface area is 274 Å². The second-order valence-electron chi connectivity index (χ2n) is 14.4. The van der Waals surface area contributed by atoms with E-state index in [9.17, 15) is 22.8 Å². The van der Waals surface area contributed by atoms with Gasteiger partial charge in [-0.05, 0) is 91.6 Å². The molecule has 2 aromatic carbocycles. The number of allylic oxidation sites excluding steroid dienone is 1. The van der Waals surface area contributed by atoms with Gasteiger partial charge in [0.15, 0.2) is 0 Å². The number of nitrogens with zero attached hydrogens (tertiary/aromatic N) is 3. The summed E-state index contributed by atoms with van der Waals surface area (Å²) < 4.78 is 40.3. The van der Waals surface area contributed by atoms with Crippen molar-refractivity contribution < 1.29 is 22.8 Å². The molecule has 1 N–H and O–H groups in total. The van der Waals surface area contributed by atoms with Crippen molar-refractivity contribution in [3.63, 3.8) is 0 Å². The number of pyridine rings is 1. The first-order chi connectivity index (χ1) is 22.5. The Hall–Kier alpha value is -3.98. The molecule has 9 heteroatoms. The van der Waals surface area contributed by atoms with Crippen LogP contribution < -0.4 is 5.32 Å². The molecule has 47 heavy (non-hydrogen) atoms. The number of alkyl halides is 2. The van der Waals surface area contributed by atoms with E-state index in [1.54, 1.807) is 17.3 Å². The predicted molar refractivity (Wildman–Crippen MR) is 174 cm³/mol. The summed E-state index contributed by atoms with van der Waals surface area (Å²) in [5, 5.41) is 3.11. The first-order valence-corrected chi connectivity index (χ1v) is 16.7. The molecule has 4 aliphatic rings. The minimum absolute atomic E-state index is 0.146. The molecule has 2 amide bonds. The molecule has 0 radical (unpaired) electrons. The van der Waals surface area contributed by atoms with Crippen LogP contribution in [0.5, 0.6) is 0 Å². The number of aromatic nitrogens is 1. The number of benzene rings is 2. The summed E-state index contributed by atoms with van der Waals surface area (Å²) in [5.41, 5.74) is 7.48. The van der Waals surface area contributed by atoms with E-state index < -0.39 is 11.8 Å². The van der Waals surface area contributed by atoms with Gasteiger partial charge in [0, 0.05) is 62.7 Å². The van der Waals surface area contributed by atoms with Crippen molar-refractivity contribution in [1.29, 1.82) is 0 Å². The van der Waals surface area contributed by atoms with Crippen LogP contribution in [-0.4, -0.2) is 65.7 Å². The van der Waals surface area contributed by atoms with Crippen LogP contribution in [0.4, 0.5) is 13.2 Å². The number of amides is 2. The highest BCUT2D eigenvalue weighted by Crippen LogP contribution is 2.54. The molecule has 4 fully saturated rings. The second kappa shape index (κ2) is 12.2. The SMILES string of the molecule is C[C@@H](NC(=O)c1cncc(C2CCN(C(=O)C3CC(F)(F)C3)CC2)c1)c1ccc(C(=C2CC3(C2)CN(C)C3)c2ccc(F)cc2)cc1. The van der Waals surface area contributed by atoms with Gasteiger partial charge < -0.3 is 15.1 Å². The highest BCUT2D eigenvalue weighted by atomic mass is 19.3. The van der Waals surface area contributed by atoms with Gasteiger partial charge in [0.05, 0.1) is 11.6 Å². The zero-order valence-electron chi connectivity index (χ0n) is 26.9. The lowest BCUT2D eigenvalue weighted by Gasteiger charge is -2.56. The molecule has 3 aromatic rings. The highest BCUT2D eigenvalue weighted by Gasteiger charge is 2.50. The summed E-state index contributed by atoms with van der Waals surface area (Å²) in [6.07, 6.45) is 6.18. The third-order valence-corrected chi connectivity index (χ3v) is 10.7. The zero-order chi connectivity index (χ0) is 32.9. The highest BCUT2D eigenvalue weighted by molar-refractivity contribution is 5.94. The van der Waals surface area contributed by atoms with Crippen LogP contribution in [-0.2, 0) is 4.79 Å². The third kappa shape index (κ3) is 6.47. The Kier molecular flexibility index (Phi) is 8.23. The van der Waals surface area contributed by atoms with E-state index in [-0.39, 0.29) is 42.4 Å². The summed E-state index contributed by atoms with van der Waals surface area (Å²) in [6, 6.07) is 16.7. The largest absolute Gasteiger partial charge is 0.345 e. The average Bonchev–Trinajstić information content (AvgIpc) is 3.02. The predicted octanol–water partition coefficient (Wildman–Crippen LogP) is 6.99. The van der Waals surface area contributed by atoms with Crippen molar-refractivity contribution in [3.05, 3.63) is 106 Å². The minimum atomic E-state index is -2.70. The van der Waals surface area contributed by atoms with E-state index in [2.05, 4.69) is 34.4 Å². The Morgan fingerprint density at radius 3 is 2.13 bits per heavy atom. The van der Waals surface area contributed by atoms with Crippen LogP contribution in [0.25, 0.3) is 5.57 Å². The molecule has 2 aliphatic heterocycles. The maximum atomic E-state index is 13.8. The van der Waals surface area contributed by atoms with Crippen molar-refractivity contribution in [3.8, 4) is 0 Å². The van der Waals surface area contributed by atoms with E-state index in [0.29, 0.717) is 36.9 Å². The van der Waals surface area contributed by atoms with Gasteiger partial charge in [0.2, 0.25) is 11.8 Å². The zero-order valence-corrected chi connectivity index (χ0v) is 26.9. The maximum absolute atomic E-state index is 13.8. The van der Waals surface area contributed by atoms with Gasteiger partial charge in [-0.15, -0.1) is 0 Å². The molecule has 2 aliphatic carbocycles. The number of nitrogens with one attached hydrogen (secondary N) is 1. The smallest absolute Gasteiger partial charge is 0.253 e. The van der Waals surface area contributed by atoms with Gasteiger partial charge in [0.1, 0.15) is 5.82 Å². The lowest BCUT2D eigenvalue weighted by molar-refractivity contribution is -0.160. The normalized spacial score (nSPS) is 21.4. The summed E-state index contributed by atoms with van der Waals surface area (Å²) in [7, 11) is 2.15. The number of halogens is 3. The van der Waals surface area contributed by atoms with Crippen LogP contribution in [0.15, 0.2) is 72.6 Å². The number of hydrogen-bond acceptors (Lipinski definition) is 4. The quantitative estimate of drug-likeness (QED) is 0.302. The molecule has 2 saturated heterocycles. The molecule has 6 nitrogen and oxygen atoms in total. The molecule has 246 valence electrons. The van der Waals surface area contributed by atoms with Crippen molar-refractivity contribution >= 4 is 17.4 Å². The van der Waals surface area contributed by atoms with Gasteiger partial charge in [-0.3, -0.25) is 14.6 Å². The minimum Gasteiger partial charge on any atom is -0.345 e. The van der Waals surface area contributed by atoms with E-state index in [1.165, 1.54) is 23.3 Å². The fraction of sp³-hybridized carbons (Fsp3) is 0.447. The third-order valence-electron chi connectivity index (χ3n) is 10.7. The fourth-order valence-corrected chi connectivity index (χ4v) is 8.18. The number of carbonyl (C=O) groups is 2. The molecule has 0 unspecified atom stereocenters. The Balaban J connectivity index is 0.985. The van der Waals surface area contributed by atoms with Crippen molar-refractivity contribution in [2.24, 2.45) is 11.3 Å². The topological polar surface area (TPSA) is 65.5 Å². The van der Waals surface area contributed by atoms with Gasteiger partial charge in [-0.2, -0.15) is 0 Å². The fourth-order valence-electron chi connectivity index (χ4n) is 8.18. The number of carbonyl (C=O) groups excluding carboxylic acids is 2. The molecule has 7 rings (SSSR count). The van der Waals surface area contributed by atoms with Crippen molar-refractivity contribution in [2.75, 3.05) is 33.2 Å². The lowest BCUT2D eigenvalue weighted by Crippen LogP contribution is -2.58. The van der Waals surface area contributed by atoms with Gasteiger partial charge in [-0.1, -0.05) is 42.0 Å². The summed E-state index contributed by atoms with van der Waals surface area (Å²) in [4.78, 5) is 34.3. The lowest BCUT2D eigenvalue weighted by atomic mass is 9.59. The van der Waals surface area contributed by atoms with E-state index in [4.69, 9.17) is 0 Å². The van der Waals surface area contributed by atoms with Crippen molar-refractivity contribution in [2.45, 2.75) is 63.3 Å². The molecule has 2 saturated carbocycles. The van der Waals surface area contributed by atoms with E-state index in [0.717, 1.165) is 48.2 Å². The molecule has 3 heterocycles. The molecule has 1 spiro atoms. The second-order valence-corrected chi connectivity index (χ2v) is 14.4. The van der Waals surface area contributed by atoms with Crippen LogP contribution in [0.2, 0.25) is 0 Å². The Morgan fingerprint density at radius 2 is 1.53 bits per heavy atom. The Morgan fingerprint density at radius 1 is 0.915 bits per heavy atom. The average molecular weight is 643 g/mol. The monoisotopic (exact) mass is 642 g/mol. The van der Waals surface area contributed by atoms with Crippen LogP contribution >= 0.6 is 0 Å². The van der Waals surface area contributed by atoms with Crippen LogP contribution in [0.1, 0.15) is 90.0 Å². The molecule has 0 bridgehead atoms. The maximum Gasteiger partial charge on any atom is 0.253 e. The summed E-state index contributed by atoms with van der Waals surface area (Å²) in [5.74, 6) is -3.75. The molecular weight excluding hydrogens is 601 g/mol. The first kappa shape index (κ1) is 31.6. The Bertz CT molecular complexity index is 1670. The number of hydrogen-bond donors (Lipinski definition) is 1. The van der Waals surface area contributed by atoms with Gasteiger partial charge in [0.25, 0.3) is 5.91 Å². The molecule has 1 atom stereocenters. The van der Waals surface area contributed by atoms with E-state index in [1.807, 2.05) is 37.3 Å². The molecular formula is C38H41F3N4O2. The standard InChI is InChI=1S/C38H41F3N4O2/c1-24(25-3-5-27(6-4-25)34(28-7-9-33(39)10-8-28)31-16-37(17-31)22-44(2)23-37)43-35(46)30-15-29(20-42-21-30)26-11-13-45(14-12-26)36(47)32-18-38(40,41)19-32/h3-10,15,20-21,24,26,32H,11-14,16-19,22-23H2,1-2H3,(H,43,46)/t24-/m1/s1. The summed E-state index contributed by atoms with van der Waals surface area (Å²) in [6.45, 7) is 5.24. The van der Waals surface area contributed by atoms with Crippen LogP contribution in [0, 0.1) is 17.2 Å². The molecule has 1 aromatic heterocycles.